The summed E-state index contributed by atoms with van der Waals surface area (Å²) in [6, 6.07) is 5.61. The summed E-state index contributed by atoms with van der Waals surface area (Å²) in [4.78, 5) is 45.1. The van der Waals surface area contributed by atoms with Crippen LogP contribution in [-0.4, -0.2) is 69.6 Å². The fourth-order valence-corrected chi connectivity index (χ4v) is 8.14. The number of hydrogen-bond acceptors (Lipinski definition) is 6. The van der Waals surface area contributed by atoms with E-state index in [2.05, 4.69) is 6.08 Å². The summed E-state index contributed by atoms with van der Waals surface area (Å²) in [5, 5.41) is 10.6. The quantitative estimate of drug-likeness (QED) is 0.474. The maximum Gasteiger partial charge on any atom is 0.311 e. The van der Waals surface area contributed by atoms with Crippen LogP contribution >= 0.6 is 23.4 Å². The van der Waals surface area contributed by atoms with E-state index in [0.29, 0.717) is 23.9 Å². The first-order chi connectivity index (χ1) is 17.3. The number of aliphatic hydroxyl groups is 1. The van der Waals surface area contributed by atoms with Crippen molar-refractivity contribution in [2.24, 2.45) is 17.8 Å². The Labute approximate surface area is 220 Å². The van der Waals surface area contributed by atoms with E-state index in [0.717, 1.165) is 12.8 Å². The number of likely N-dealkylation sites (tertiary alicyclic amines) is 1. The van der Waals surface area contributed by atoms with Crippen LogP contribution in [0.15, 0.2) is 48.6 Å². The van der Waals surface area contributed by atoms with Gasteiger partial charge in [-0.3, -0.25) is 14.4 Å². The molecule has 0 radical (unpaired) electrons. The van der Waals surface area contributed by atoms with E-state index >= 15 is 0 Å². The van der Waals surface area contributed by atoms with Crippen molar-refractivity contribution in [3.63, 3.8) is 0 Å². The number of nitrogens with zero attached hydrogens (tertiary/aromatic N) is 2. The van der Waals surface area contributed by atoms with E-state index in [1.807, 2.05) is 32.1 Å². The Balaban J connectivity index is 1.65. The van der Waals surface area contributed by atoms with E-state index in [1.54, 1.807) is 34.1 Å². The zero-order chi connectivity index (χ0) is 25.6. The van der Waals surface area contributed by atoms with Crippen LogP contribution < -0.4 is 4.90 Å². The molecule has 1 spiro atoms. The first-order valence-electron chi connectivity index (χ1n) is 12.5. The Morgan fingerprint density at radius 3 is 2.61 bits per heavy atom. The fraction of sp³-hybridized carbons (Fsp3) is 0.519. The molecule has 192 valence electrons. The molecule has 7 nitrogen and oxygen atoms in total. The Morgan fingerprint density at radius 2 is 1.92 bits per heavy atom. The first-order valence-corrected chi connectivity index (χ1v) is 13.7. The Morgan fingerprint density at radius 1 is 1.17 bits per heavy atom. The molecule has 0 aromatic heterocycles. The maximum atomic E-state index is 14.4. The van der Waals surface area contributed by atoms with Crippen LogP contribution in [0.2, 0.25) is 5.02 Å². The largest absolute Gasteiger partial charge is 0.465 e. The second-order valence-electron chi connectivity index (χ2n) is 10.1. The molecule has 2 amide bonds. The topological polar surface area (TPSA) is 87.2 Å². The molecular formula is C27H31ClN2O5S. The summed E-state index contributed by atoms with van der Waals surface area (Å²) in [5.74, 6) is -2.44. The van der Waals surface area contributed by atoms with Crippen molar-refractivity contribution in [2.45, 2.75) is 48.8 Å². The van der Waals surface area contributed by atoms with Crippen LogP contribution in [0.4, 0.5) is 5.69 Å². The van der Waals surface area contributed by atoms with Gasteiger partial charge >= 0.3 is 5.97 Å². The lowest BCUT2D eigenvalue weighted by atomic mass is 9.78. The SMILES string of the molecule is CC(C)[C@H](CO)N1C(=O)[C@@H]2[C@@H]3C(=O)OCCC/C=C\[C@@H]3S[C@@]23C=CCN(c2ccc(Cl)cc2)C(=O)C13. The highest BCUT2D eigenvalue weighted by atomic mass is 35.5. The van der Waals surface area contributed by atoms with Gasteiger partial charge in [-0.1, -0.05) is 49.8 Å². The zero-order valence-electron chi connectivity index (χ0n) is 20.4. The summed E-state index contributed by atoms with van der Waals surface area (Å²) < 4.78 is 4.65. The van der Waals surface area contributed by atoms with Gasteiger partial charge in [-0.25, -0.2) is 0 Å². The van der Waals surface area contributed by atoms with Gasteiger partial charge < -0.3 is 19.6 Å². The normalized spacial score (nSPS) is 33.8. The molecular weight excluding hydrogens is 500 g/mol. The number of thioether (sulfide) groups is 1. The number of carbonyl (C=O) groups is 3. The maximum absolute atomic E-state index is 14.4. The standard InChI is InChI=1S/C27H31ClN2O5S/c1-16(2)19(15-31)30-23-25(33)29(18-10-8-17(28)9-11-18)13-6-12-27(23)22(24(30)32)21-20(36-27)7-4-3-5-14-35-26(21)34/h4,6-12,16,19-23,31H,3,5,13-15H2,1-2H3/b7-4-/t19-,20-,21+,22-,23?,27-/m0/s1. The molecule has 0 saturated carbocycles. The van der Waals surface area contributed by atoms with Gasteiger partial charge in [-0.15, -0.1) is 11.8 Å². The molecule has 0 aliphatic carbocycles. The number of aliphatic hydroxyl groups excluding tert-OH is 1. The fourth-order valence-electron chi connectivity index (χ4n) is 6.02. The lowest BCUT2D eigenvalue weighted by Gasteiger charge is -2.39. The molecule has 1 unspecified atom stereocenters. The van der Waals surface area contributed by atoms with Gasteiger partial charge in [0.05, 0.1) is 35.8 Å². The molecule has 1 N–H and O–H groups in total. The van der Waals surface area contributed by atoms with Crippen LogP contribution in [0.3, 0.4) is 0 Å². The Bertz CT molecular complexity index is 1110. The van der Waals surface area contributed by atoms with Gasteiger partial charge in [0.15, 0.2) is 0 Å². The summed E-state index contributed by atoms with van der Waals surface area (Å²) in [7, 11) is 0. The van der Waals surface area contributed by atoms with Crippen molar-refractivity contribution < 1.29 is 24.2 Å². The van der Waals surface area contributed by atoms with Gasteiger partial charge in [0.1, 0.15) is 6.04 Å². The highest BCUT2D eigenvalue weighted by molar-refractivity contribution is 8.02. The van der Waals surface area contributed by atoms with Gasteiger partial charge in [-0.05, 0) is 43.0 Å². The van der Waals surface area contributed by atoms with Crippen molar-refractivity contribution in [3.05, 3.63) is 53.6 Å². The zero-order valence-corrected chi connectivity index (χ0v) is 22.0. The van der Waals surface area contributed by atoms with E-state index < -0.39 is 28.7 Å². The highest BCUT2D eigenvalue weighted by Gasteiger charge is 2.71. The molecule has 1 aromatic carbocycles. The van der Waals surface area contributed by atoms with Crippen molar-refractivity contribution in [2.75, 3.05) is 24.7 Å². The number of benzene rings is 1. The van der Waals surface area contributed by atoms with E-state index in [4.69, 9.17) is 16.3 Å². The Hall–Kier alpha value is -2.29. The van der Waals surface area contributed by atoms with Crippen molar-refractivity contribution in [1.29, 1.82) is 0 Å². The molecule has 4 heterocycles. The van der Waals surface area contributed by atoms with Crippen LogP contribution in [-0.2, 0) is 19.1 Å². The predicted octanol–water partition coefficient (Wildman–Crippen LogP) is 3.45. The molecule has 36 heavy (non-hydrogen) atoms. The smallest absolute Gasteiger partial charge is 0.311 e. The van der Waals surface area contributed by atoms with Crippen molar-refractivity contribution >= 4 is 46.8 Å². The number of anilines is 1. The van der Waals surface area contributed by atoms with Crippen LogP contribution in [0.1, 0.15) is 26.7 Å². The molecule has 4 aliphatic heterocycles. The third kappa shape index (κ3) is 3.98. The lowest BCUT2D eigenvalue weighted by Crippen LogP contribution is -2.57. The van der Waals surface area contributed by atoms with Crippen LogP contribution in [0.5, 0.6) is 0 Å². The summed E-state index contributed by atoms with van der Waals surface area (Å²) in [6.07, 6.45) is 9.47. The first kappa shape index (κ1) is 25.4. The third-order valence-corrected chi connectivity index (χ3v) is 9.74. The number of rotatable bonds is 4. The van der Waals surface area contributed by atoms with Gasteiger partial charge in [0.25, 0.3) is 5.91 Å². The molecule has 1 aromatic rings. The monoisotopic (exact) mass is 530 g/mol. The molecule has 4 aliphatic rings. The Kier molecular flexibility index (Phi) is 6.96. The van der Waals surface area contributed by atoms with Crippen molar-refractivity contribution in [1.82, 2.24) is 4.90 Å². The average molecular weight is 531 g/mol. The van der Waals surface area contributed by atoms with E-state index in [1.165, 1.54) is 11.8 Å². The van der Waals surface area contributed by atoms with E-state index in [9.17, 15) is 19.5 Å². The molecule has 2 fully saturated rings. The minimum Gasteiger partial charge on any atom is -0.465 e. The number of amides is 2. The van der Waals surface area contributed by atoms with Gasteiger partial charge in [-0.2, -0.15) is 0 Å². The molecule has 9 heteroatoms. The minimum atomic E-state index is -0.949. The number of carbonyl (C=O) groups excluding carboxylic acids is 3. The highest BCUT2D eigenvalue weighted by Crippen LogP contribution is 2.61. The number of allylic oxidation sites excluding steroid dienone is 1. The number of hydrogen-bond donors (Lipinski definition) is 1. The average Bonchev–Trinajstić information content (AvgIpc) is 3.25. The number of esters is 1. The molecule has 5 rings (SSSR count). The third-order valence-electron chi connectivity index (χ3n) is 7.74. The number of cyclic esters (lactones) is 1. The van der Waals surface area contributed by atoms with E-state index in [-0.39, 0.29) is 35.6 Å². The summed E-state index contributed by atoms with van der Waals surface area (Å²) in [6.45, 7) is 4.22. The number of halogens is 1. The minimum absolute atomic E-state index is 0.0907. The molecule has 2 saturated heterocycles. The summed E-state index contributed by atoms with van der Waals surface area (Å²) in [5.41, 5.74) is 0.678. The second-order valence-corrected chi connectivity index (χ2v) is 12.1. The van der Waals surface area contributed by atoms with Crippen LogP contribution in [0.25, 0.3) is 0 Å². The second kappa shape index (κ2) is 9.88. The molecule has 6 atom stereocenters. The summed E-state index contributed by atoms with van der Waals surface area (Å²) >= 11 is 7.60. The number of ether oxygens (including phenoxy) is 1. The van der Waals surface area contributed by atoms with Gasteiger partial charge in [0.2, 0.25) is 5.91 Å². The van der Waals surface area contributed by atoms with Crippen LogP contribution in [0, 0.1) is 17.8 Å². The van der Waals surface area contributed by atoms with Crippen molar-refractivity contribution in [3.8, 4) is 0 Å². The lowest BCUT2D eigenvalue weighted by molar-refractivity contribution is -0.153. The number of fused-ring (bicyclic) bond motifs is 2. The molecule has 0 bridgehead atoms. The predicted molar refractivity (Wildman–Crippen MR) is 140 cm³/mol. The van der Waals surface area contributed by atoms with Gasteiger partial charge in [0, 0.05) is 22.5 Å².